The Hall–Kier alpha value is -2.29. The van der Waals surface area contributed by atoms with Gasteiger partial charge >= 0.3 is 0 Å². The largest absolute Gasteiger partial charge is 0.362 e. The van der Waals surface area contributed by atoms with Crippen LogP contribution in [0.5, 0.6) is 0 Å². The zero-order valence-corrected chi connectivity index (χ0v) is 13.9. The Morgan fingerprint density at radius 2 is 2.04 bits per heavy atom. The van der Waals surface area contributed by atoms with Crippen LogP contribution in [0, 0.1) is 6.92 Å². The maximum atomic E-state index is 12.5. The second-order valence-corrected chi connectivity index (χ2v) is 6.22. The molecule has 0 radical (unpaired) electrons. The van der Waals surface area contributed by atoms with Gasteiger partial charge in [-0.25, -0.2) is 0 Å². The first-order valence-corrected chi connectivity index (χ1v) is 8.39. The molecule has 0 saturated heterocycles. The second kappa shape index (κ2) is 6.86. The van der Waals surface area contributed by atoms with E-state index in [1.807, 2.05) is 18.2 Å². The molecule has 0 unspecified atom stereocenters. The number of hydrogen-bond acceptors (Lipinski definition) is 2. The van der Waals surface area contributed by atoms with Crippen LogP contribution < -0.4 is 10.2 Å². The van der Waals surface area contributed by atoms with Crippen molar-refractivity contribution in [2.45, 2.75) is 33.1 Å². The van der Waals surface area contributed by atoms with Crippen molar-refractivity contribution in [2.75, 3.05) is 23.3 Å². The fraction of sp³-hybridized carbons (Fsp3) is 0.350. The number of carbonyl (C=O) groups excluding carboxylic acids is 1. The van der Waals surface area contributed by atoms with Crippen molar-refractivity contribution in [1.29, 1.82) is 0 Å². The average Bonchev–Trinajstić information content (AvgIpc) is 2.55. The van der Waals surface area contributed by atoms with Gasteiger partial charge in [0.1, 0.15) is 0 Å². The van der Waals surface area contributed by atoms with Crippen LogP contribution in [0.4, 0.5) is 11.4 Å². The summed E-state index contributed by atoms with van der Waals surface area (Å²) < 4.78 is 0. The molecule has 3 rings (SSSR count). The number of rotatable bonds is 4. The van der Waals surface area contributed by atoms with Crippen LogP contribution in [-0.2, 0) is 17.6 Å². The molecule has 0 spiro atoms. The number of nitrogens with one attached hydrogen (secondary N) is 1. The molecule has 0 atom stereocenters. The quantitative estimate of drug-likeness (QED) is 0.927. The predicted molar refractivity (Wildman–Crippen MR) is 96.2 cm³/mol. The molecular formula is C20H24N2O. The topological polar surface area (TPSA) is 32.3 Å². The van der Waals surface area contributed by atoms with E-state index in [0.717, 1.165) is 31.5 Å². The second-order valence-electron chi connectivity index (χ2n) is 6.22. The van der Waals surface area contributed by atoms with E-state index in [9.17, 15) is 4.79 Å². The van der Waals surface area contributed by atoms with Crippen molar-refractivity contribution in [3.8, 4) is 0 Å². The average molecular weight is 308 g/mol. The van der Waals surface area contributed by atoms with Gasteiger partial charge in [0.15, 0.2) is 0 Å². The third kappa shape index (κ3) is 3.55. The van der Waals surface area contributed by atoms with E-state index in [1.165, 1.54) is 22.4 Å². The maximum Gasteiger partial charge on any atom is 0.243 e. The van der Waals surface area contributed by atoms with Crippen LogP contribution in [0.2, 0.25) is 0 Å². The molecule has 0 fully saturated rings. The molecular weight excluding hydrogens is 284 g/mol. The molecule has 2 aromatic rings. The first-order chi connectivity index (χ1) is 11.2. The Balaban J connectivity index is 1.72. The monoisotopic (exact) mass is 308 g/mol. The molecule has 3 nitrogen and oxygen atoms in total. The van der Waals surface area contributed by atoms with Gasteiger partial charge in [-0.05, 0) is 49.4 Å². The lowest BCUT2D eigenvalue weighted by atomic mass is 9.99. The number of aryl methyl sites for hydroxylation is 3. The minimum absolute atomic E-state index is 0.0549. The van der Waals surface area contributed by atoms with E-state index in [4.69, 9.17) is 0 Å². The van der Waals surface area contributed by atoms with Crippen molar-refractivity contribution in [2.24, 2.45) is 0 Å². The number of benzene rings is 2. The van der Waals surface area contributed by atoms with Crippen LogP contribution in [0.3, 0.4) is 0 Å². The maximum absolute atomic E-state index is 12.5. The highest BCUT2D eigenvalue weighted by Gasteiger charge is 2.19. The summed E-state index contributed by atoms with van der Waals surface area (Å²) in [6.07, 6.45) is 3.13. The molecule has 3 heteroatoms. The van der Waals surface area contributed by atoms with Crippen molar-refractivity contribution in [3.05, 3.63) is 59.2 Å². The van der Waals surface area contributed by atoms with E-state index < -0.39 is 0 Å². The summed E-state index contributed by atoms with van der Waals surface area (Å²) in [7, 11) is 0. The van der Waals surface area contributed by atoms with Crippen molar-refractivity contribution in [3.63, 3.8) is 0 Å². The van der Waals surface area contributed by atoms with Crippen molar-refractivity contribution in [1.82, 2.24) is 0 Å². The van der Waals surface area contributed by atoms with E-state index in [-0.39, 0.29) is 5.91 Å². The third-order valence-corrected chi connectivity index (χ3v) is 4.46. The van der Waals surface area contributed by atoms with Crippen LogP contribution in [0.25, 0.3) is 0 Å². The van der Waals surface area contributed by atoms with Crippen molar-refractivity contribution < 1.29 is 4.79 Å². The molecule has 0 bridgehead atoms. The number of carbonyl (C=O) groups is 1. The number of para-hydroxylation sites is 1. The van der Waals surface area contributed by atoms with Gasteiger partial charge in [-0.1, -0.05) is 42.8 Å². The molecule has 1 heterocycles. The van der Waals surface area contributed by atoms with Gasteiger partial charge in [0.2, 0.25) is 5.91 Å². The van der Waals surface area contributed by atoms with Crippen molar-refractivity contribution >= 4 is 17.3 Å². The van der Waals surface area contributed by atoms with Crippen LogP contribution in [0.1, 0.15) is 30.0 Å². The highest BCUT2D eigenvalue weighted by atomic mass is 16.2. The molecule has 2 aromatic carbocycles. The Bertz CT molecular complexity index is 709. The molecule has 1 amide bonds. The van der Waals surface area contributed by atoms with E-state index in [2.05, 4.69) is 48.3 Å². The number of anilines is 2. The van der Waals surface area contributed by atoms with Gasteiger partial charge in [0.25, 0.3) is 0 Å². The molecule has 120 valence electrons. The SMILES string of the molecule is CCc1ccccc1NC(=O)CN1CCCc2cc(C)ccc21. The van der Waals surface area contributed by atoms with Crippen LogP contribution in [-0.4, -0.2) is 19.0 Å². The highest BCUT2D eigenvalue weighted by molar-refractivity contribution is 5.95. The number of fused-ring (bicyclic) bond motifs is 1. The fourth-order valence-electron chi connectivity index (χ4n) is 3.28. The number of hydrogen-bond donors (Lipinski definition) is 1. The first kappa shape index (κ1) is 15.6. The summed E-state index contributed by atoms with van der Waals surface area (Å²) in [5, 5.41) is 3.07. The lowest BCUT2D eigenvalue weighted by Crippen LogP contribution is -2.36. The van der Waals surface area contributed by atoms with Gasteiger partial charge < -0.3 is 10.2 Å². The molecule has 1 aliphatic heterocycles. The Labute approximate surface area is 138 Å². The van der Waals surface area contributed by atoms with Gasteiger partial charge in [0, 0.05) is 17.9 Å². The summed E-state index contributed by atoms with van der Waals surface area (Å²) in [4.78, 5) is 14.7. The summed E-state index contributed by atoms with van der Waals surface area (Å²) in [6, 6.07) is 14.5. The summed E-state index contributed by atoms with van der Waals surface area (Å²) in [5.41, 5.74) is 5.96. The normalized spacial score (nSPS) is 13.6. The first-order valence-electron chi connectivity index (χ1n) is 8.39. The Kier molecular flexibility index (Phi) is 4.65. The number of nitrogens with zero attached hydrogens (tertiary/aromatic N) is 1. The van der Waals surface area contributed by atoms with E-state index in [0.29, 0.717) is 6.54 Å². The summed E-state index contributed by atoms with van der Waals surface area (Å²) >= 11 is 0. The molecule has 0 saturated carbocycles. The Morgan fingerprint density at radius 3 is 2.87 bits per heavy atom. The van der Waals surface area contributed by atoms with E-state index in [1.54, 1.807) is 0 Å². The molecule has 0 aliphatic carbocycles. The van der Waals surface area contributed by atoms with Gasteiger partial charge in [-0.2, -0.15) is 0 Å². The minimum Gasteiger partial charge on any atom is -0.362 e. The lowest BCUT2D eigenvalue weighted by molar-refractivity contribution is -0.115. The van der Waals surface area contributed by atoms with Gasteiger partial charge in [0.05, 0.1) is 6.54 Å². The number of amides is 1. The molecule has 1 N–H and O–H groups in total. The zero-order valence-electron chi connectivity index (χ0n) is 13.9. The Morgan fingerprint density at radius 1 is 1.22 bits per heavy atom. The van der Waals surface area contributed by atoms with Crippen LogP contribution >= 0.6 is 0 Å². The fourth-order valence-corrected chi connectivity index (χ4v) is 3.28. The predicted octanol–water partition coefficient (Wildman–Crippen LogP) is 3.95. The van der Waals surface area contributed by atoms with Crippen LogP contribution in [0.15, 0.2) is 42.5 Å². The molecule has 1 aliphatic rings. The summed E-state index contributed by atoms with van der Waals surface area (Å²) in [6.45, 7) is 5.58. The minimum atomic E-state index is 0.0549. The molecule has 23 heavy (non-hydrogen) atoms. The van der Waals surface area contributed by atoms with Gasteiger partial charge in [-0.15, -0.1) is 0 Å². The highest BCUT2D eigenvalue weighted by Crippen LogP contribution is 2.27. The zero-order chi connectivity index (χ0) is 16.2. The molecule has 0 aromatic heterocycles. The van der Waals surface area contributed by atoms with Gasteiger partial charge in [-0.3, -0.25) is 4.79 Å². The smallest absolute Gasteiger partial charge is 0.243 e. The van der Waals surface area contributed by atoms with E-state index >= 15 is 0 Å². The summed E-state index contributed by atoms with van der Waals surface area (Å²) in [5.74, 6) is 0.0549. The third-order valence-electron chi connectivity index (χ3n) is 4.46. The lowest BCUT2D eigenvalue weighted by Gasteiger charge is -2.31. The standard InChI is InChI=1S/C20H24N2O/c1-3-16-7-4-5-9-18(16)21-20(23)14-22-12-6-8-17-13-15(2)10-11-19(17)22/h4-5,7,9-11,13H,3,6,8,12,14H2,1-2H3,(H,21,23).